The number of carbonyl (C=O) groups excluding carboxylic acids is 1. The van der Waals surface area contributed by atoms with Crippen molar-refractivity contribution in [2.75, 3.05) is 0 Å². The molecule has 1 saturated carbocycles. The highest BCUT2D eigenvalue weighted by Gasteiger charge is 2.61. The third kappa shape index (κ3) is 4.45. The van der Waals surface area contributed by atoms with Gasteiger partial charge in [0.15, 0.2) is 0 Å². The first kappa shape index (κ1) is 23.2. The second kappa shape index (κ2) is 8.11. The number of ether oxygens (including phenoxy) is 1. The lowest BCUT2D eigenvalue weighted by Gasteiger charge is -2.32. The van der Waals surface area contributed by atoms with Crippen molar-refractivity contribution in [1.82, 2.24) is 5.32 Å². The van der Waals surface area contributed by atoms with Crippen LogP contribution in [-0.2, 0) is 23.0 Å². The van der Waals surface area contributed by atoms with Crippen LogP contribution in [0.15, 0.2) is 48.5 Å². The largest absolute Gasteiger partial charge is 0.472 e. The Bertz CT molecular complexity index is 1100. The van der Waals surface area contributed by atoms with Gasteiger partial charge in [0.25, 0.3) is 0 Å². The minimum absolute atomic E-state index is 0.0554. The van der Waals surface area contributed by atoms with E-state index in [-0.39, 0.29) is 23.3 Å². The maximum absolute atomic E-state index is 14.2. The number of alkyl halides is 6. The third-order valence-corrected chi connectivity index (χ3v) is 6.15. The summed E-state index contributed by atoms with van der Waals surface area (Å²) in [5.41, 5.74) is -3.44. The van der Waals surface area contributed by atoms with Gasteiger partial charge in [0, 0.05) is 24.1 Å². The van der Waals surface area contributed by atoms with Crippen LogP contribution in [0, 0.1) is 0 Å². The summed E-state index contributed by atoms with van der Waals surface area (Å²) < 4.78 is 87.3. The molecule has 2 aliphatic rings. The lowest BCUT2D eigenvalue weighted by molar-refractivity contribution is -0.248. The Hall–Kier alpha value is -2.97. The van der Waals surface area contributed by atoms with Crippen molar-refractivity contribution >= 4 is 11.5 Å². The van der Waals surface area contributed by atoms with E-state index >= 15 is 0 Å². The Morgan fingerprint density at radius 1 is 1.09 bits per heavy atom. The Balaban J connectivity index is 1.65. The van der Waals surface area contributed by atoms with Crippen LogP contribution in [0.1, 0.15) is 48.4 Å². The van der Waals surface area contributed by atoms with Crippen molar-refractivity contribution in [3.05, 3.63) is 70.8 Å². The van der Waals surface area contributed by atoms with Crippen molar-refractivity contribution in [1.29, 1.82) is 0 Å². The standard InChI is InChI=1S/C24H21F6NO2/c1-14(10-21(32)31-19-6-3-7-19)15-8-9-20-16(11-15)13-22(33-20,24(28,29)30)17-4-2-5-18(12-17)23(25,26)27/h2,4-5,8-12,19H,3,6-7,13H2,1H3,(H,31,32). The second-order valence-electron chi connectivity index (χ2n) is 8.47. The SMILES string of the molecule is CC(=CC(=O)NC1CCC1)c1ccc2c(c1)CC(c1cccc(C(F)(F)F)c1)(C(F)(F)F)O2. The summed E-state index contributed by atoms with van der Waals surface area (Å²) >= 11 is 0. The zero-order chi connectivity index (χ0) is 24.0. The first-order chi connectivity index (χ1) is 15.4. The van der Waals surface area contributed by atoms with E-state index in [0.29, 0.717) is 17.2 Å². The van der Waals surface area contributed by atoms with Crippen molar-refractivity contribution in [2.24, 2.45) is 0 Å². The van der Waals surface area contributed by atoms with E-state index in [2.05, 4.69) is 5.32 Å². The maximum atomic E-state index is 14.2. The first-order valence-corrected chi connectivity index (χ1v) is 10.4. The lowest BCUT2D eigenvalue weighted by atomic mass is 9.87. The van der Waals surface area contributed by atoms with Gasteiger partial charge in [-0.3, -0.25) is 4.79 Å². The number of fused-ring (bicyclic) bond motifs is 1. The summed E-state index contributed by atoms with van der Waals surface area (Å²) in [6.07, 6.45) is -6.14. The fourth-order valence-corrected chi connectivity index (χ4v) is 4.06. The van der Waals surface area contributed by atoms with Gasteiger partial charge >= 0.3 is 12.4 Å². The molecule has 0 bridgehead atoms. The van der Waals surface area contributed by atoms with Gasteiger partial charge in [0.05, 0.1) is 5.56 Å². The molecule has 33 heavy (non-hydrogen) atoms. The number of rotatable bonds is 4. The van der Waals surface area contributed by atoms with Gasteiger partial charge < -0.3 is 10.1 Å². The molecule has 176 valence electrons. The molecule has 0 saturated heterocycles. The number of hydrogen-bond acceptors (Lipinski definition) is 2. The van der Waals surface area contributed by atoms with Gasteiger partial charge in [-0.25, -0.2) is 0 Å². The van der Waals surface area contributed by atoms with Crippen LogP contribution in [-0.4, -0.2) is 18.1 Å². The molecule has 1 N–H and O–H groups in total. The predicted octanol–water partition coefficient (Wildman–Crippen LogP) is 6.17. The number of carbonyl (C=O) groups is 1. The van der Waals surface area contributed by atoms with Gasteiger partial charge in [0.1, 0.15) is 5.75 Å². The summed E-state index contributed by atoms with van der Waals surface area (Å²) in [7, 11) is 0. The van der Waals surface area contributed by atoms with Crippen LogP contribution in [0.5, 0.6) is 5.75 Å². The molecule has 1 unspecified atom stereocenters. The van der Waals surface area contributed by atoms with Gasteiger partial charge in [-0.05, 0) is 67.2 Å². The minimum Gasteiger partial charge on any atom is -0.472 e. The quantitative estimate of drug-likeness (QED) is 0.430. The van der Waals surface area contributed by atoms with Gasteiger partial charge in [-0.1, -0.05) is 18.2 Å². The van der Waals surface area contributed by atoms with Crippen molar-refractivity contribution < 1.29 is 35.9 Å². The smallest absolute Gasteiger partial charge is 0.432 e. The van der Waals surface area contributed by atoms with E-state index in [1.54, 1.807) is 6.92 Å². The number of benzene rings is 2. The Morgan fingerprint density at radius 2 is 1.82 bits per heavy atom. The molecule has 1 aliphatic carbocycles. The van der Waals surface area contributed by atoms with Gasteiger partial charge in [-0.2, -0.15) is 26.3 Å². The summed E-state index contributed by atoms with van der Waals surface area (Å²) in [4.78, 5) is 12.1. The van der Waals surface area contributed by atoms with E-state index in [1.807, 2.05) is 0 Å². The van der Waals surface area contributed by atoms with Crippen molar-refractivity contribution in [3.8, 4) is 5.75 Å². The normalized spacial score (nSPS) is 21.2. The van der Waals surface area contributed by atoms with E-state index < -0.39 is 35.5 Å². The van der Waals surface area contributed by atoms with E-state index in [1.165, 1.54) is 24.3 Å². The van der Waals surface area contributed by atoms with Crippen LogP contribution in [0.3, 0.4) is 0 Å². The topological polar surface area (TPSA) is 38.3 Å². The summed E-state index contributed by atoms with van der Waals surface area (Å²) in [6.45, 7) is 1.67. The minimum atomic E-state index is -4.97. The molecule has 4 rings (SSSR count). The van der Waals surface area contributed by atoms with E-state index in [9.17, 15) is 31.1 Å². The molecule has 1 atom stereocenters. The van der Waals surface area contributed by atoms with Crippen LogP contribution in [0.2, 0.25) is 0 Å². The van der Waals surface area contributed by atoms with E-state index in [4.69, 9.17) is 4.74 Å². The molecule has 0 radical (unpaired) electrons. The molecule has 1 fully saturated rings. The highest BCUT2D eigenvalue weighted by Crippen LogP contribution is 2.51. The van der Waals surface area contributed by atoms with E-state index in [0.717, 1.165) is 37.5 Å². The molecule has 3 nitrogen and oxygen atoms in total. The van der Waals surface area contributed by atoms with Crippen molar-refractivity contribution in [2.45, 2.75) is 56.6 Å². The number of amides is 1. The van der Waals surface area contributed by atoms with Crippen LogP contribution in [0.4, 0.5) is 26.3 Å². The Morgan fingerprint density at radius 3 is 2.42 bits per heavy atom. The Kier molecular flexibility index (Phi) is 5.70. The molecule has 2 aromatic carbocycles. The van der Waals surface area contributed by atoms with Crippen LogP contribution in [0.25, 0.3) is 5.57 Å². The van der Waals surface area contributed by atoms with Crippen LogP contribution < -0.4 is 10.1 Å². The molecular weight excluding hydrogens is 448 g/mol. The first-order valence-electron chi connectivity index (χ1n) is 10.4. The fourth-order valence-electron chi connectivity index (χ4n) is 4.06. The third-order valence-electron chi connectivity index (χ3n) is 6.15. The molecular formula is C24H21F6NO2. The molecule has 1 amide bonds. The molecule has 0 aromatic heterocycles. The fraction of sp³-hybridized carbons (Fsp3) is 0.375. The summed E-state index contributed by atoms with van der Waals surface area (Å²) in [6, 6.07) is 7.65. The predicted molar refractivity (Wildman–Crippen MR) is 109 cm³/mol. The second-order valence-corrected chi connectivity index (χ2v) is 8.47. The number of hydrogen-bond donors (Lipinski definition) is 1. The number of allylic oxidation sites excluding steroid dienone is 1. The maximum Gasteiger partial charge on any atom is 0.432 e. The van der Waals surface area contributed by atoms with Gasteiger partial charge in [0.2, 0.25) is 11.5 Å². The highest BCUT2D eigenvalue weighted by molar-refractivity contribution is 5.95. The zero-order valence-electron chi connectivity index (χ0n) is 17.6. The number of nitrogens with one attached hydrogen (secondary N) is 1. The average molecular weight is 469 g/mol. The average Bonchev–Trinajstić information content (AvgIpc) is 3.10. The van der Waals surface area contributed by atoms with Crippen LogP contribution >= 0.6 is 0 Å². The molecule has 0 spiro atoms. The molecule has 1 aliphatic heterocycles. The number of halogens is 6. The lowest BCUT2D eigenvalue weighted by Crippen LogP contribution is -2.46. The monoisotopic (exact) mass is 469 g/mol. The summed E-state index contributed by atoms with van der Waals surface area (Å²) in [5, 5.41) is 2.86. The van der Waals surface area contributed by atoms with Gasteiger partial charge in [-0.15, -0.1) is 0 Å². The molecule has 1 heterocycles. The summed E-state index contributed by atoms with van der Waals surface area (Å²) in [5.74, 6) is -0.331. The van der Waals surface area contributed by atoms with Crippen molar-refractivity contribution in [3.63, 3.8) is 0 Å². The molecule has 2 aromatic rings. The Labute approximate surface area is 186 Å². The highest BCUT2D eigenvalue weighted by atomic mass is 19.4. The molecule has 9 heteroatoms. The zero-order valence-corrected chi connectivity index (χ0v) is 17.6.